The maximum atomic E-state index is 14.2. The molecule has 2 aromatic rings. The summed E-state index contributed by atoms with van der Waals surface area (Å²) < 4.78 is 14.2. The van der Waals surface area contributed by atoms with E-state index < -0.39 is 6.10 Å². The Morgan fingerprint density at radius 1 is 1.10 bits per heavy atom. The number of aliphatic hydroxyl groups is 1. The van der Waals surface area contributed by atoms with Crippen LogP contribution in [0.3, 0.4) is 0 Å². The minimum Gasteiger partial charge on any atom is -0.389 e. The summed E-state index contributed by atoms with van der Waals surface area (Å²) in [5.74, 6) is -0.329. The minimum absolute atomic E-state index is 0.329. The number of hydrogen-bond donors (Lipinski definition) is 1. The van der Waals surface area contributed by atoms with Crippen molar-refractivity contribution >= 4 is 11.4 Å². The minimum atomic E-state index is -0.714. The topological polar surface area (TPSA) is 23.5 Å². The summed E-state index contributed by atoms with van der Waals surface area (Å²) in [4.78, 5) is 1.79. The lowest BCUT2D eigenvalue weighted by molar-refractivity contribution is 0.199. The van der Waals surface area contributed by atoms with Crippen molar-refractivity contribution in [1.82, 2.24) is 0 Å². The van der Waals surface area contributed by atoms with Crippen LogP contribution in [0.15, 0.2) is 36.4 Å². The van der Waals surface area contributed by atoms with E-state index in [1.165, 1.54) is 6.07 Å². The molecule has 0 saturated carbocycles. The number of hydrogen-bond acceptors (Lipinski definition) is 2. The molecule has 2 rings (SSSR count). The van der Waals surface area contributed by atoms with E-state index in [2.05, 4.69) is 6.07 Å². The molecule has 0 aliphatic carbocycles. The van der Waals surface area contributed by atoms with Crippen LogP contribution in [0.4, 0.5) is 15.8 Å². The van der Waals surface area contributed by atoms with Gasteiger partial charge in [0.05, 0.1) is 11.8 Å². The molecule has 1 unspecified atom stereocenters. The molecule has 1 N–H and O–H groups in total. The summed E-state index contributed by atoms with van der Waals surface area (Å²) in [6.07, 6.45) is -0.714. The van der Waals surface area contributed by atoms with Crippen LogP contribution in [0.25, 0.3) is 0 Å². The molecule has 2 aromatic carbocycles. The first-order valence-electron chi connectivity index (χ1n) is 6.68. The molecule has 1 atom stereocenters. The van der Waals surface area contributed by atoms with Crippen molar-refractivity contribution < 1.29 is 9.50 Å². The molecule has 0 fully saturated rings. The number of aliphatic hydroxyl groups excluding tert-OH is 1. The highest BCUT2D eigenvalue weighted by molar-refractivity contribution is 5.68. The van der Waals surface area contributed by atoms with Gasteiger partial charge in [-0.15, -0.1) is 0 Å². The Bertz CT molecular complexity index is 602. The van der Waals surface area contributed by atoms with E-state index >= 15 is 0 Å². The monoisotopic (exact) mass is 273 g/mol. The molecule has 106 valence electrons. The van der Waals surface area contributed by atoms with Crippen molar-refractivity contribution in [3.05, 3.63) is 58.9 Å². The molecule has 0 amide bonds. The lowest BCUT2D eigenvalue weighted by atomic mass is 10.1. The zero-order valence-corrected chi connectivity index (χ0v) is 12.3. The normalized spacial score (nSPS) is 12.3. The quantitative estimate of drug-likeness (QED) is 0.903. The second kappa shape index (κ2) is 5.63. The average molecular weight is 273 g/mol. The molecule has 0 aromatic heterocycles. The molecule has 0 radical (unpaired) electrons. The van der Waals surface area contributed by atoms with Gasteiger partial charge in [-0.25, -0.2) is 4.39 Å². The van der Waals surface area contributed by atoms with Crippen LogP contribution in [0.1, 0.15) is 29.7 Å². The first-order chi connectivity index (χ1) is 9.40. The summed E-state index contributed by atoms with van der Waals surface area (Å²) >= 11 is 0. The van der Waals surface area contributed by atoms with Gasteiger partial charge >= 0.3 is 0 Å². The highest BCUT2D eigenvalue weighted by Crippen LogP contribution is 2.33. The van der Waals surface area contributed by atoms with Gasteiger partial charge in [0.15, 0.2) is 0 Å². The average Bonchev–Trinajstić information content (AvgIpc) is 2.36. The van der Waals surface area contributed by atoms with E-state index in [1.54, 1.807) is 24.0 Å². The molecule has 0 saturated heterocycles. The van der Waals surface area contributed by atoms with Crippen LogP contribution in [0.5, 0.6) is 0 Å². The second-order valence-corrected chi connectivity index (χ2v) is 5.26. The first-order valence-corrected chi connectivity index (χ1v) is 6.68. The van der Waals surface area contributed by atoms with Gasteiger partial charge in [-0.3, -0.25) is 0 Å². The molecule has 0 aliphatic heterocycles. The van der Waals surface area contributed by atoms with Gasteiger partial charge in [-0.1, -0.05) is 18.2 Å². The lowest BCUT2D eigenvalue weighted by Crippen LogP contribution is -2.15. The molecular weight excluding hydrogens is 253 g/mol. The molecular formula is C17H20FNO. The fraction of sp³-hybridized carbons (Fsp3) is 0.294. The lowest BCUT2D eigenvalue weighted by Gasteiger charge is -2.25. The number of rotatable bonds is 3. The van der Waals surface area contributed by atoms with E-state index in [1.807, 2.05) is 33.0 Å². The van der Waals surface area contributed by atoms with Crippen LogP contribution in [-0.4, -0.2) is 12.2 Å². The molecule has 0 heterocycles. The van der Waals surface area contributed by atoms with Crippen molar-refractivity contribution in [3.8, 4) is 0 Å². The van der Waals surface area contributed by atoms with Crippen LogP contribution in [-0.2, 0) is 0 Å². The maximum Gasteiger partial charge on any atom is 0.147 e. The molecule has 0 aliphatic rings. The Kier molecular flexibility index (Phi) is 4.09. The van der Waals surface area contributed by atoms with Gasteiger partial charge in [0.2, 0.25) is 0 Å². The number of para-hydroxylation sites is 1. The molecule has 20 heavy (non-hydrogen) atoms. The molecule has 3 heteroatoms. The van der Waals surface area contributed by atoms with E-state index in [0.717, 1.165) is 16.8 Å². The van der Waals surface area contributed by atoms with Crippen molar-refractivity contribution in [2.45, 2.75) is 26.9 Å². The molecule has 0 bridgehead atoms. The molecule has 0 spiro atoms. The fourth-order valence-corrected chi connectivity index (χ4v) is 2.50. The highest BCUT2D eigenvalue weighted by atomic mass is 19.1. The van der Waals surface area contributed by atoms with Crippen molar-refractivity contribution in [2.24, 2.45) is 0 Å². The third kappa shape index (κ3) is 2.83. The predicted molar refractivity (Wildman–Crippen MR) is 81.0 cm³/mol. The van der Waals surface area contributed by atoms with Gasteiger partial charge in [-0.05, 0) is 50.1 Å². The third-order valence-electron chi connectivity index (χ3n) is 3.40. The maximum absolute atomic E-state index is 14.2. The fourth-order valence-electron chi connectivity index (χ4n) is 2.50. The highest BCUT2D eigenvalue weighted by Gasteiger charge is 2.17. The van der Waals surface area contributed by atoms with Crippen LogP contribution in [0, 0.1) is 19.7 Å². The van der Waals surface area contributed by atoms with Crippen LogP contribution in [0.2, 0.25) is 0 Å². The summed E-state index contributed by atoms with van der Waals surface area (Å²) in [5.41, 5.74) is 4.18. The van der Waals surface area contributed by atoms with Gasteiger partial charge in [0.25, 0.3) is 0 Å². The Morgan fingerprint density at radius 3 is 2.25 bits per heavy atom. The zero-order chi connectivity index (χ0) is 14.9. The van der Waals surface area contributed by atoms with E-state index in [4.69, 9.17) is 0 Å². The van der Waals surface area contributed by atoms with Crippen LogP contribution >= 0.6 is 0 Å². The Hall–Kier alpha value is -1.87. The number of aryl methyl sites for hydroxylation is 2. The number of anilines is 2. The van der Waals surface area contributed by atoms with E-state index in [0.29, 0.717) is 11.3 Å². The van der Waals surface area contributed by atoms with E-state index in [9.17, 15) is 9.50 Å². The summed E-state index contributed by atoms with van der Waals surface area (Å²) in [5, 5.41) is 9.84. The number of benzene rings is 2. The number of nitrogens with zero attached hydrogens (tertiary/aromatic N) is 1. The summed E-state index contributed by atoms with van der Waals surface area (Å²) in [6.45, 7) is 5.68. The third-order valence-corrected chi connectivity index (χ3v) is 3.40. The number of halogens is 1. The van der Waals surface area contributed by atoms with Crippen molar-refractivity contribution in [1.29, 1.82) is 0 Å². The largest absolute Gasteiger partial charge is 0.389 e. The van der Waals surface area contributed by atoms with Crippen LogP contribution < -0.4 is 4.90 Å². The smallest absolute Gasteiger partial charge is 0.147 e. The Balaban J connectivity index is 2.55. The van der Waals surface area contributed by atoms with Gasteiger partial charge in [-0.2, -0.15) is 0 Å². The molecule has 2 nitrogen and oxygen atoms in total. The second-order valence-electron chi connectivity index (χ2n) is 5.26. The zero-order valence-electron chi connectivity index (χ0n) is 12.3. The Morgan fingerprint density at radius 2 is 1.70 bits per heavy atom. The summed E-state index contributed by atoms with van der Waals surface area (Å²) in [6, 6.07) is 10.9. The van der Waals surface area contributed by atoms with Gasteiger partial charge < -0.3 is 10.0 Å². The van der Waals surface area contributed by atoms with Gasteiger partial charge in [0.1, 0.15) is 5.82 Å². The van der Waals surface area contributed by atoms with Crippen molar-refractivity contribution in [2.75, 3.05) is 11.9 Å². The van der Waals surface area contributed by atoms with Crippen molar-refractivity contribution in [3.63, 3.8) is 0 Å². The first kappa shape index (κ1) is 14.5. The SMILES string of the molecule is Cc1cc(C)cc(N(C)c2c(F)cccc2C(C)O)c1. The predicted octanol–water partition coefficient (Wildman–Crippen LogP) is 4.26. The van der Waals surface area contributed by atoms with E-state index in [-0.39, 0.29) is 5.82 Å². The summed E-state index contributed by atoms with van der Waals surface area (Å²) in [7, 11) is 1.82. The Labute approximate surface area is 119 Å². The van der Waals surface area contributed by atoms with Gasteiger partial charge in [0, 0.05) is 18.3 Å². The standard InChI is InChI=1S/C17H20FNO/c1-11-8-12(2)10-14(9-11)19(4)17-15(13(3)20)6-5-7-16(17)18/h5-10,13,20H,1-4H3.